The lowest BCUT2D eigenvalue weighted by atomic mass is 10.00. The number of halogens is 1. The third kappa shape index (κ3) is 3.46. The van der Waals surface area contributed by atoms with Gasteiger partial charge in [-0.25, -0.2) is 0 Å². The van der Waals surface area contributed by atoms with Crippen molar-refractivity contribution in [2.24, 2.45) is 5.92 Å². The normalized spacial score (nSPS) is 22.4. The van der Waals surface area contributed by atoms with Crippen LogP contribution >= 0.6 is 11.6 Å². The smallest absolute Gasteiger partial charge is 0.0333 e. The zero-order chi connectivity index (χ0) is 8.10. The van der Waals surface area contributed by atoms with Crippen LogP contribution in [-0.4, -0.2) is 5.38 Å². The molecule has 1 heteroatoms. The van der Waals surface area contributed by atoms with Gasteiger partial charge in [0.1, 0.15) is 0 Å². The van der Waals surface area contributed by atoms with Crippen LogP contribution in [0.2, 0.25) is 0 Å². The van der Waals surface area contributed by atoms with E-state index in [2.05, 4.69) is 6.92 Å². The molecular formula is C10H19Cl. The molecule has 0 aromatic rings. The maximum absolute atomic E-state index is 6.04. The fourth-order valence-electron chi connectivity index (χ4n) is 1.92. The Balaban J connectivity index is 2.01. The molecular weight excluding hydrogens is 156 g/mol. The third-order valence-electron chi connectivity index (χ3n) is 2.81. The molecule has 1 aliphatic rings. The van der Waals surface area contributed by atoms with Gasteiger partial charge in [-0.15, -0.1) is 11.6 Å². The lowest BCUT2D eigenvalue weighted by Crippen LogP contribution is -2.00. The van der Waals surface area contributed by atoms with Crippen LogP contribution in [0.1, 0.15) is 51.9 Å². The highest BCUT2D eigenvalue weighted by molar-refractivity contribution is 6.20. The van der Waals surface area contributed by atoms with Gasteiger partial charge in [0.15, 0.2) is 0 Å². The van der Waals surface area contributed by atoms with E-state index in [4.69, 9.17) is 11.6 Å². The number of rotatable bonds is 4. The molecule has 66 valence electrons. The molecule has 0 spiro atoms. The van der Waals surface area contributed by atoms with Crippen molar-refractivity contribution in [3.63, 3.8) is 0 Å². The minimum Gasteiger partial charge on any atom is -0.123 e. The quantitative estimate of drug-likeness (QED) is 0.566. The van der Waals surface area contributed by atoms with E-state index in [-0.39, 0.29) is 0 Å². The fraction of sp³-hybridized carbons (Fsp3) is 1.00. The lowest BCUT2D eigenvalue weighted by molar-refractivity contribution is 0.474. The highest BCUT2D eigenvalue weighted by Gasteiger charge is 2.15. The average Bonchev–Trinajstić information content (AvgIpc) is 2.52. The Labute approximate surface area is 75.3 Å². The van der Waals surface area contributed by atoms with Crippen molar-refractivity contribution in [2.75, 3.05) is 0 Å². The Morgan fingerprint density at radius 1 is 1.36 bits per heavy atom. The zero-order valence-electron chi connectivity index (χ0n) is 7.48. The molecule has 0 radical (unpaired) electrons. The van der Waals surface area contributed by atoms with Crippen molar-refractivity contribution >= 4 is 11.6 Å². The molecule has 1 rings (SSSR count). The average molecular weight is 175 g/mol. The SMILES string of the molecule is CCC(Cl)CCC1CCCC1. The monoisotopic (exact) mass is 174 g/mol. The highest BCUT2D eigenvalue weighted by atomic mass is 35.5. The first-order valence-corrected chi connectivity index (χ1v) is 5.40. The van der Waals surface area contributed by atoms with Gasteiger partial charge in [0.2, 0.25) is 0 Å². The van der Waals surface area contributed by atoms with Gasteiger partial charge in [0.05, 0.1) is 0 Å². The van der Waals surface area contributed by atoms with Crippen LogP contribution in [0.4, 0.5) is 0 Å². The Kier molecular flexibility index (Phi) is 4.29. The summed E-state index contributed by atoms with van der Waals surface area (Å²) in [5, 5.41) is 0.440. The van der Waals surface area contributed by atoms with Gasteiger partial charge in [-0.2, -0.15) is 0 Å². The van der Waals surface area contributed by atoms with Crippen LogP contribution in [-0.2, 0) is 0 Å². The van der Waals surface area contributed by atoms with Gasteiger partial charge < -0.3 is 0 Å². The Bertz CT molecular complexity index is 95.0. The van der Waals surface area contributed by atoms with Gasteiger partial charge >= 0.3 is 0 Å². The molecule has 0 N–H and O–H groups in total. The van der Waals surface area contributed by atoms with Crippen LogP contribution in [0, 0.1) is 5.92 Å². The molecule has 0 saturated heterocycles. The molecule has 0 aliphatic heterocycles. The van der Waals surface area contributed by atoms with E-state index < -0.39 is 0 Å². The van der Waals surface area contributed by atoms with E-state index in [0.29, 0.717) is 5.38 Å². The molecule has 0 heterocycles. The van der Waals surface area contributed by atoms with Crippen molar-refractivity contribution in [1.29, 1.82) is 0 Å². The summed E-state index contributed by atoms with van der Waals surface area (Å²) in [6, 6.07) is 0. The second-order valence-corrected chi connectivity index (χ2v) is 4.35. The van der Waals surface area contributed by atoms with E-state index in [1.807, 2.05) is 0 Å². The predicted molar refractivity (Wildman–Crippen MR) is 51.1 cm³/mol. The molecule has 1 fully saturated rings. The van der Waals surface area contributed by atoms with Crippen LogP contribution in [0.3, 0.4) is 0 Å². The van der Waals surface area contributed by atoms with Crippen molar-refractivity contribution in [2.45, 2.75) is 57.2 Å². The highest BCUT2D eigenvalue weighted by Crippen LogP contribution is 2.29. The van der Waals surface area contributed by atoms with E-state index in [0.717, 1.165) is 12.3 Å². The first-order chi connectivity index (χ1) is 5.33. The molecule has 1 atom stereocenters. The number of hydrogen-bond acceptors (Lipinski definition) is 0. The fourth-order valence-corrected chi connectivity index (χ4v) is 2.05. The zero-order valence-corrected chi connectivity index (χ0v) is 8.24. The Morgan fingerprint density at radius 3 is 2.55 bits per heavy atom. The van der Waals surface area contributed by atoms with Gasteiger partial charge in [-0.1, -0.05) is 32.6 Å². The van der Waals surface area contributed by atoms with Gasteiger partial charge in [0, 0.05) is 5.38 Å². The van der Waals surface area contributed by atoms with Crippen molar-refractivity contribution in [3.05, 3.63) is 0 Å². The minimum absolute atomic E-state index is 0.440. The largest absolute Gasteiger partial charge is 0.123 e. The maximum Gasteiger partial charge on any atom is 0.0333 e. The lowest BCUT2D eigenvalue weighted by Gasteiger charge is -2.10. The first kappa shape index (κ1) is 9.38. The molecule has 11 heavy (non-hydrogen) atoms. The summed E-state index contributed by atoms with van der Waals surface area (Å²) in [6.45, 7) is 2.17. The predicted octanol–water partition coefficient (Wildman–Crippen LogP) is 3.97. The van der Waals surface area contributed by atoms with Crippen molar-refractivity contribution in [3.8, 4) is 0 Å². The topological polar surface area (TPSA) is 0 Å². The molecule has 0 aromatic carbocycles. The second-order valence-electron chi connectivity index (χ2n) is 3.73. The van der Waals surface area contributed by atoms with Crippen molar-refractivity contribution < 1.29 is 0 Å². The Hall–Kier alpha value is 0.290. The summed E-state index contributed by atoms with van der Waals surface area (Å²) in [7, 11) is 0. The number of alkyl halides is 1. The number of hydrogen-bond donors (Lipinski definition) is 0. The summed E-state index contributed by atoms with van der Waals surface area (Å²) >= 11 is 6.04. The molecule has 1 saturated carbocycles. The van der Waals surface area contributed by atoms with E-state index in [9.17, 15) is 0 Å². The summed E-state index contributed by atoms with van der Waals surface area (Å²) in [4.78, 5) is 0. The summed E-state index contributed by atoms with van der Waals surface area (Å²) < 4.78 is 0. The van der Waals surface area contributed by atoms with Crippen molar-refractivity contribution in [1.82, 2.24) is 0 Å². The molecule has 0 amide bonds. The summed E-state index contributed by atoms with van der Waals surface area (Å²) in [6.07, 6.45) is 9.60. The molecule has 0 bridgehead atoms. The molecule has 0 nitrogen and oxygen atoms in total. The van der Waals surface area contributed by atoms with Crippen LogP contribution in [0.5, 0.6) is 0 Å². The van der Waals surface area contributed by atoms with Gasteiger partial charge in [0.25, 0.3) is 0 Å². The summed E-state index contributed by atoms with van der Waals surface area (Å²) in [5.41, 5.74) is 0. The van der Waals surface area contributed by atoms with Crippen LogP contribution < -0.4 is 0 Å². The van der Waals surface area contributed by atoms with Gasteiger partial charge in [-0.3, -0.25) is 0 Å². The van der Waals surface area contributed by atoms with Crippen LogP contribution in [0.15, 0.2) is 0 Å². The molecule has 1 aliphatic carbocycles. The first-order valence-electron chi connectivity index (χ1n) is 4.97. The molecule has 1 unspecified atom stereocenters. The second kappa shape index (κ2) is 5.03. The minimum atomic E-state index is 0.440. The molecule has 0 aromatic heterocycles. The third-order valence-corrected chi connectivity index (χ3v) is 3.33. The van der Waals surface area contributed by atoms with E-state index in [1.165, 1.54) is 38.5 Å². The Morgan fingerprint density at radius 2 is 2.00 bits per heavy atom. The van der Waals surface area contributed by atoms with E-state index in [1.54, 1.807) is 0 Å². The van der Waals surface area contributed by atoms with Gasteiger partial charge in [-0.05, 0) is 25.2 Å². The van der Waals surface area contributed by atoms with Crippen LogP contribution in [0.25, 0.3) is 0 Å². The summed E-state index contributed by atoms with van der Waals surface area (Å²) in [5.74, 6) is 1.02. The maximum atomic E-state index is 6.04. The van der Waals surface area contributed by atoms with E-state index >= 15 is 0 Å². The standard InChI is InChI=1S/C10H19Cl/c1-2-10(11)8-7-9-5-3-4-6-9/h9-10H,2-8H2,1H3.